The molecule has 4 amide bonds. The van der Waals surface area contributed by atoms with Crippen LogP contribution in [0.2, 0.25) is 0 Å². The summed E-state index contributed by atoms with van der Waals surface area (Å²) < 4.78 is 11.2. The lowest BCUT2D eigenvalue weighted by Gasteiger charge is -2.25. The third-order valence-corrected chi connectivity index (χ3v) is 6.87. The summed E-state index contributed by atoms with van der Waals surface area (Å²) in [7, 11) is 1.60. The number of amides is 4. The molecule has 1 aliphatic heterocycles. The van der Waals surface area contributed by atoms with Crippen LogP contribution in [0, 0.1) is 5.92 Å². The number of hydrogen-bond acceptors (Lipinski definition) is 7. The van der Waals surface area contributed by atoms with E-state index >= 15 is 0 Å². The van der Waals surface area contributed by atoms with Gasteiger partial charge in [0, 0.05) is 13.0 Å². The van der Waals surface area contributed by atoms with E-state index < -0.39 is 48.4 Å². The van der Waals surface area contributed by atoms with Crippen LogP contribution in [0.15, 0.2) is 48.5 Å². The van der Waals surface area contributed by atoms with Crippen molar-refractivity contribution in [3.63, 3.8) is 0 Å². The van der Waals surface area contributed by atoms with Gasteiger partial charge in [-0.3, -0.25) is 19.2 Å². The summed E-state index contributed by atoms with van der Waals surface area (Å²) in [5.41, 5.74) is 1.29. The number of aliphatic hydroxyl groups excluding tert-OH is 1. The van der Waals surface area contributed by atoms with Gasteiger partial charge >= 0.3 is 0 Å². The van der Waals surface area contributed by atoms with Crippen LogP contribution in [-0.2, 0) is 20.8 Å². The summed E-state index contributed by atoms with van der Waals surface area (Å²) >= 11 is 0. The summed E-state index contributed by atoms with van der Waals surface area (Å²) in [4.78, 5) is 51.9. The number of aryl methyl sites for hydroxylation is 1. The van der Waals surface area contributed by atoms with E-state index in [0.717, 1.165) is 11.3 Å². The highest BCUT2D eigenvalue weighted by Crippen LogP contribution is 2.20. The predicted octanol–water partition coefficient (Wildman–Crippen LogP) is 1.33. The molecular formula is C30H40N4O7. The summed E-state index contributed by atoms with van der Waals surface area (Å²) in [5, 5.41) is 20.7. The monoisotopic (exact) mass is 568 g/mol. The van der Waals surface area contributed by atoms with Gasteiger partial charge in [-0.1, -0.05) is 38.1 Å². The molecule has 1 heterocycles. The van der Waals surface area contributed by atoms with Gasteiger partial charge in [0.05, 0.1) is 25.3 Å². The van der Waals surface area contributed by atoms with Crippen molar-refractivity contribution in [1.29, 1.82) is 0 Å². The van der Waals surface area contributed by atoms with Crippen molar-refractivity contribution < 1.29 is 33.8 Å². The molecule has 0 saturated heterocycles. The van der Waals surface area contributed by atoms with Gasteiger partial charge in [-0.15, -0.1) is 0 Å². The van der Waals surface area contributed by atoms with E-state index in [1.807, 2.05) is 38.1 Å². The lowest BCUT2D eigenvalue weighted by molar-refractivity contribution is -0.131. The Balaban J connectivity index is 1.75. The first-order chi connectivity index (χ1) is 19.7. The fraction of sp³-hybridized carbons (Fsp3) is 0.467. The molecule has 0 radical (unpaired) electrons. The smallest absolute Gasteiger partial charge is 0.255 e. The highest BCUT2D eigenvalue weighted by molar-refractivity contribution is 5.99. The van der Waals surface area contributed by atoms with Crippen molar-refractivity contribution in [2.24, 2.45) is 5.92 Å². The number of benzene rings is 2. The van der Waals surface area contributed by atoms with Gasteiger partial charge in [-0.05, 0) is 55.0 Å². The average molecular weight is 569 g/mol. The zero-order chi connectivity index (χ0) is 29.8. The zero-order valence-corrected chi connectivity index (χ0v) is 23.8. The molecule has 0 bridgehead atoms. The minimum atomic E-state index is -1.17. The zero-order valence-electron chi connectivity index (χ0n) is 23.8. The fourth-order valence-electron chi connectivity index (χ4n) is 4.34. The third kappa shape index (κ3) is 9.49. The predicted molar refractivity (Wildman–Crippen MR) is 153 cm³/mol. The number of ether oxygens (including phenoxy) is 2. The Labute approximate surface area is 240 Å². The van der Waals surface area contributed by atoms with Crippen LogP contribution in [0.25, 0.3) is 0 Å². The van der Waals surface area contributed by atoms with Crippen molar-refractivity contribution in [3.8, 4) is 11.5 Å². The molecule has 2 aromatic carbocycles. The topological polar surface area (TPSA) is 155 Å². The second kappa shape index (κ2) is 15.6. The molecule has 0 spiro atoms. The Morgan fingerprint density at radius 3 is 2.61 bits per heavy atom. The molecular weight excluding hydrogens is 528 g/mol. The van der Waals surface area contributed by atoms with Gasteiger partial charge in [0.1, 0.15) is 30.2 Å². The second-order valence-electron chi connectivity index (χ2n) is 10.3. The first-order valence-electron chi connectivity index (χ1n) is 13.9. The summed E-state index contributed by atoms with van der Waals surface area (Å²) in [6, 6.07) is 11.7. The fourth-order valence-corrected chi connectivity index (χ4v) is 4.34. The van der Waals surface area contributed by atoms with E-state index in [-0.39, 0.29) is 30.9 Å². The van der Waals surface area contributed by atoms with E-state index in [4.69, 9.17) is 9.47 Å². The molecule has 0 unspecified atom stereocenters. The van der Waals surface area contributed by atoms with E-state index in [9.17, 15) is 24.3 Å². The molecule has 222 valence electrons. The molecule has 2 aromatic rings. The molecule has 0 fully saturated rings. The number of hydrogen-bond donors (Lipinski definition) is 5. The summed E-state index contributed by atoms with van der Waals surface area (Å²) in [6.45, 7) is 3.61. The van der Waals surface area contributed by atoms with Gasteiger partial charge in [-0.25, -0.2) is 0 Å². The van der Waals surface area contributed by atoms with Crippen molar-refractivity contribution in [2.45, 2.75) is 57.7 Å². The molecule has 11 nitrogen and oxygen atoms in total. The Hall–Kier alpha value is -4.12. The molecule has 41 heavy (non-hydrogen) atoms. The molecule has 0 aliphatic carbocycles. The lowest BCUT2D eigenvalue weighted by Crippen LogP contribution is -2.54. The minimum Gasteiger partial charge on any atom is -0.497 e. The first kappa shape index (κ1) is 31.4. The Morgan fingerprint density at radius 1 is 1.10 bits per heavy atom. The van der Waals surface area contributed by atoms with E-state index in [1.54, 1.807) is 31.4 Å². The number of aliphatic hydroxyl groups is 1. The minimum absolute atomic E-state index is 0.0172. The maximum Gasteiger partial charge on any atom is 0.255 e. The number of rotatable bonds is 8. The van der Waals surface area contributed by atoms with Crippen LogP contribution >= 0.6 is 0 Å². The normalized spacial score (nSPS) is 20.3. The number of carbonyl (C=O) groups excluding carboxylic acids is 4. The molecule has 0 aromatic heterocycles. The molecule has 3 atom stereocenters. The highest BCUT2D eigenvalue weighted by atomic mass is 16.5. The van der Waals surface area contributed by atoms with Gasteiger partial charge in [0.25, 0.3) is 5.91 Å². The third-order valence-electron chi connectivity index (χ3n) is 6.87. The van der Waals surface area contributed by atoms with Crippen LogP contribution in [0.3, 0.4) is 0 Å². The van der Waals surface area contributed by atoms with Crippen molar-refractivity contribution in [3.05, 3.63) is 59.7 Å². The molecule has 0 saturated carbocycles. The van der Waals surface area contributed by atoms with E-state index in [0.29, 0.717) is 25.1 Å². The highest BCUT2D eigenvalue weighted by Gasteiger charge is 2.28. The maximum absolute atomic E-state index is 13.3. The Kier molecular flexibility index (Phi) is 12.0. The van der Waals surface area contributed by atoms with E-state index in [1.165, 1.54) is 0 Å². The van der Waals surface area contributed by atoms with Crippen LogP contribution in [0.1, 0.15) is 49.0 Å². The summed E-state index contributed by atoms with van der Waals surface area (Å²) in [6.07, 6.45) is 1.19. The Bertz CT molecular complexity index is 1200. The summed E-state index contributed by atoms with van der Waals surface area (Å²) in [5.74, 6) is -1.02. The van der Waals surface area contributed by atoms with Crippen LogP contribution in [-0.4, -0.2) is 73.7 Å². The van der Waals surface area contributed by atoms with Crippen molar-refractivity contribution >= 4 is 23.6 Å². The SMILES string of the molecule is COc1cccc(CCCNC(=O)[C@@H]2CCC(=O)N[C@@H](CO)C(=O)N[C@H](C(C)C)COc3ccccc3C(=O)N2)c1. The molecule has 11 heteroatoms. The molecule has 1 aliphatic rings. The number of fused-ring (bicyclic) bond motifs is 1. The van der Waals surface area contributed by atoms with Gasteiger partial charge in [0.2, 0.25) is 17.7 Å². The van der Waals surface area contributed by atoms with Crippen LogP contribution < -0.4 is 30.7 Å². The standard InChI is InChI=1S/C30H40N4O7/c1-19(2)25-18-41-26-12-5-4-11-22(26)28(37)33-23(13-14-27(36)32-24(17-35)30(39)34-25)29(38)31-15-7-9-20-8-6-10-21(16-20)40-3/h4-6,8,10-12,16,19,23-25,35H,7,9,13-15,17-18H2,1-3H3,(H,31,38)(H,32,36)(H,33,37)(H,34,39)/t23-,24-,25-/m0/s1. The van der Waals surface area contributed by atoms with Crippen molar-refractivity contribution in [1.82, 2.24) is 21.3 Å². The van der Waals surface area contributed by atoms with Gasteiger partial charge in [-0.2, -0.15) is 0 Å². The van der Waals surface area contributed by atoms with Gasteiger partial charge < -0.3 is 35.8 Å². The van der Waals surface area contributed by atoms with E-state index in [2.05, 4.69) is 21.3 Å². The quantitative estimate of drug-likeness (QED) is 0.301. The maximum atomic E-state index is 13.3. The molecule has 5 N–H and O–H groups in total. The molecule has 3 rings (SSSR count). The Morgan fingerprint density at radius 2 is 1.88 bits per heavy atom. The van der Waals surface area contributed by atoms with Gasteiger partial charge in [0.15, 0.2) is 0 Å². The lowest BCUT2D eigenvalue weighted by atomic mass is 10.0. The van der Waals surface area contributed by atoms with Crippen LogP contribution in [0.5, 0.6) is 11.5 Å². The number of carbonyl (C=O) groups is 4. The van der Waals surface area contributed by atoms with Crippen LogP contribution in [0.4, 0.5) is 0 Å². The number of para-hydroxylation sites is 1. The second-order valence-corrected chi connectivity index (χ2v) is 10.3. The number of methoxy groups -OCH3 is 1. The largest absolute Gasteiger partial charge is 0.497 e. The average Bonchev–Trinajstić information content (AvgIpc) is 2.97. The number of nitrogens with one attached hydrogen (secondary N) is 4. The first-order valence-corrected chi connectivity index (χ1v) is 13.9. The van der Waals surface area contributed by atoms with Crippen molar-refractivity contribution in [2.75, 3.05) is 26.9 Å².